The lowest BCUT2D eigenvalue weighted by Crippen LogP contribution is -2.46. The standard InChI is InChI=1S/C52H65N9O8/c1-31-26-44(64)48(35-14-18-46(68-25-23-56)40(29-35)39-27-33(11-17-45(39)67-24-22-55)28-41(59-51(31)65)42(62)10-7-20-53)61(3)52(66)36(19-21-54)30-43(63)47-32(2)58-50(60-49(47)57)34-12-15-38(16-13-34)69-37-8-5-4-6-9-37/h11-18,27,29,31,36-37,41,48H,4-10,19,21-26,28,30,54-56H2,1-3H3,(H,59,65)(H2,57,58,60)/t31-,36-,41+,48+/m1/s1. The Kier molecular flexibility index (Phi) is 18.3. The fourth-order valence-electron chi connectivity index (χ4n) is 9.09. The number of ketones is 3. The van der Waals surface area contributed by atoms with Crippen LogP contribution in [0, 0.1) is 30.1 Å². The highest BCUT2D eigenvalue weighted by molar-refractivity contribution is 6.03. The van der Waals surface area contributed by atoms with Gasteiger partial charge in [-0.2, -0.15) is 5.26 Å². The van der Waals surface area contributed by atoms with Gasteiger partial charge in [-0.05, 0) is 112 Å². The fraction of sp³-hybridized carbons (Fsp3) is 0.462. The van der Waals surface area contributed by atoms with Crippen LogP contribution in [-0.2, 0) is 25.6 Å². The second-order valence-electron chi connectivity index (χ2n) is 17.9. The number of amides is 2. The maximum Gasteiger partial charge on any atom is 0.226 e. The maximum absolute atomic E-state index is 14.8. The molecule has 4 bridgehead atoms. The van der Waals surface area contributed by atoms with E-state index in [1.54, 1.807) is 44.2 Å². The van der Waals surface area contributed by atoms with E-state index in [9.17, 15) is 29.2 Å². The van der Waals surface area contributed by atoms with Gasteiger partial charge in [0.1, 0.15) is 42.3 Å². The van der Waals surface area contributed by atoms with Crippen molar-refractivity contribution in [2.45, 2.75) is 103 Å². The van der Waals surface area contributed by atoms with E-state index in [1.807, 2.05) is 36.4 Å². The van der Waals surface area contributed by atoms with Crippen LogP contribution < -0.4 is 42.5 Å². The molecule has 0 unspecified atom stereocenters. The molecule has 1 aliphatic heterocycles. The summed E-state index contributed by atoms with van der Waals surface area (Å²) >= 11 is 0. The molecule has 1 fully saturated rings. The summed E-state index contributed by atoms with van der Waals surface area (Å²) < 4.78 is 18.4. The number of ether oxygens (including phenoxy) is 3. The van der Waals surface area contributed by atoms with E-state index in [0.717, 1.165) is 31.4 Å². The van der Waals surface area contributed by atoms with Crippen LogP contribution in [0.2, 0.25) is 0 Å². The Morgan fingerprint density at radius 2 is 1.55 bits per heavy atom. The summed E-state index contributed by atoms with van der Waals surface area (Å²) in [6.45, 7) is 4.01. The molecule has 69 heavy (non-hydrogen) atoms. The van der Waals surface area contributed by atoms with Gasteiger partial charge in [0, 0.05) is 74.3 Å². The van der Waals surface area contributed by atoms with Crippen LogP contribution in [-0.4, -0.2) is 96.1 Å². The Balaban J connectivity index is 1.34. The molecular formula is C52H65N9O8. The molecule has 4 aromatic rings. The van der Waals surface area contributed by atoms with E-state index in [4.69, 9.17) is 37.1 Å². The summed E-state index contributed by atoms with van der Waals surface area (Å²) in [5, 5.41) is 12.1. The van der Waals surface area contributed by atoms with E-state index >= 15 is 0 Å². The Hall–Kier alpha value is -6.74. The highest BCUT2D eigenvalue weighted by Crippen LogP contribution is 2.41. The van der Waals surface area contributed by atoms with Crippen molar-refractivity contribution >= 4 is 35.0 Å². The number of benzene rings is 3. The van der Waals surface area contributed by atoms with Crippen molar-refractivity contribution in [3.63, 3.8) is 0 Å². The third-order valence-corrected chi connectivity index (χ3v) is 12.7. The predicted molar refractivity (Wildman–Crippen MR) is 261 cm³/mol. The van der Waals surface area contributed by atoms with Gasteiger partial charge in [0.15, 0.2) is 23.2 Å². The number of Topliss-reactive ketones (excluding diaryl/α,β-unsaturated/α-hetero) is 3. The lowest BCUT2D eigenvalue weighted by molar-refractivity contribution is -0.142. The lowest BCUT2D eigenvalue weighted by atomic mass is 9.88. The lowest BCUT2D eigenvalue weighted by Gasteiger charge is -2.32. The van der Waals surface area contributed by atoms with Gasteiger partial charge in [0.2, 0.25) is 11.8 Å². The predicted octanol–water partition coefficient (Wildman–Crippen LogP) is 5.33. The number of nitrogens with one attached hydrogen (secondary N) is 1. The molecule has 2 heterocycles. The first-order valence-electron chi connectivity index (χ1n) is 23.8. The van der Waals surface area contributed by atoms with Crippen LogP contribution in [0.25, 0.3) is 22.5 Å². The van der Waals surface area contributed by atoms with Gasteiger partial charge in [0.25, 0.3) is 0 Å². The Bertz CT molecular complexity index is 2500. The van der Waals surface area contributed by atoms with Crippen LogP contribution in [0.15, 0.2) is 60.7 Å². The molecule has 6 rings (SSSR count). The van der Waals surface area contributed by atoms with Crippen LogP contribution in [0.5, 0.6) is 17.2 Å². The molecule has 4 atom stereocenters. The summed E-state index contributed by atoms with van der Waals surface area (Å²) in [4.78, 5) is 81.6. The molecule has 0 saturated heterocycles. The third kappa shape index (κ3) is 13.1. The number of nitrogens with zero attached hydrogens (tertiary/aromatic N) is 4. The van der Waals surface area contributed by atoms with Gasteiger partial charge in [-0.3, -0.25) is 24.0 Å². The number of carbonyl (C=O) groups excluding carboxylic acids is 5. The molecule has 2 aliphatic rings. The zero-order chi connectivity index (χ0) is 49.6. The van der Waals surface area contributed by atoms with Crippen molar-refractivity contribution in [3.05, 3.63) is 83.0 Å². The minimum Gasteiger partial charge on any atom is -0.492 e. The quantitative estimate of drug-likeness (QED) is 0.0743. The van der Waals surface area contributed by atoms with Crippen molar-refractivity contribution in [2.24, 2.45) is 29.0 Å². The minimum atomic E-state index is -1.27. The van der Waals surface area contributed by atoms with Crippen molar-refractivity contribution < 1.29 is 38.2 Å². The first-order chi connectivity index (χ1) is 33.3. The molecule has 2 amide bonds. The highest BCUT2D eigenvalue weighted by atomic mass is 16.5. The SMILES string of the molecule is Cc1nc(-c2ccc(OC3CCCCC3)cc2)nc(N)c1C(=O)C[C@@H](CCN)C(=O)N(C)[C@@H]1C(=O)C[C@@H](C)C(=O)N[C@H](C(=O)CCC#N)Cc2ccc(OCCN)c(c2)-c2cc1ccc2OCCN. The molecule has 1 saturated carbocycles. The molecule has 1 aliphatic carbocycles. The van der Waals surface area contributed by atoms with Gasteiger partial charge >= 0.3 is 0 Å². The van der Waals surface area contributed by atoms with Crippen LogP contribution in [0.1, 0.15) is 104 Å². The Morgan fingerprint density at radius 1 is 0.884 bits per heavy atom. The number of hydrogen-bond donors (Lipinski definition) is 5. The van der Waals surface area contributed by atoms with Gasteiger partial charge in [0.05, 0.1) is 29.5 Å². The normalized spacial score (nSPS) is 18.0. The average molecular weight is 944 g/mol. The summed E-state index contributed by atoms with van der Waals surface area (Å²) in [5.41, 5.74) is 27.5. The maximum atomic E-state index is 14.8. The van der Waals surface area contributed by atoms with E-state index in [0.29, 0.717) is 50.8 Å². The molecule has 17 nitrogen and oxygen atoms in total. The first-order valence-corrected chi connectivity index (χ1v) is 23.8. The third-order valence-electron chi connectivity index (χ3n) is 12.7. The largest absolute Gasteiger partial charge is 0.492 e. The van der Waals surface area contributed by atoms with Crippen molar-refractivity contribution in [3.8, 4) is 45.8 Å². The Morgan fingerprint density at radius 3 is 2.19 bits per heavy atom. The van der Waals surface area contributed by atoms with Crippen molar-refractivity contribution in [2.75, 3.05) is 45.6 Å². The topological polar surface area (TPSA) is 282 Å². The van der Waals surface area contributed by atoms with E-state index in [-0.39, 0.29) is 94.6 Å². The number of nitrogen functional groups attached to an aromatic ring is 1. The van der Waals surface area contributed by atoms with Crippen LogP contribution in [0.4, 0.5) is 5.82 Å². The molecule has 0 radical (unpaired) electrons. The van der Waals surface area contributed by atoms with Gasteiger partial charge < -0.3 is 47.4 Å². The summed E-state index contributed by atoms with van der Waals surface area (Å²) in [6.07, 6.45) is 5.22. The summed E-state index contributed by atoms with van der Waals surface area (Å²) in [7, 11) is 1.48. The number of likely N-dealkylation sites (N-methyl/N-ethyl adjacent to an activating group) is 1. The number of hydrogen-bond acceptors (Lipinski definition) is 15. The summed E-state index contributed by atoms with van der Waals surface area (Å²) in [6, 6.07) is 17.6. The molecule has 1 aromatic heterocycles. The zero-order valence-electron chi connectivity index (χ0n) is 39.8. The van der Waals surface area contributed by atoms with E-state index in [1.165, 1.54) is 18.4 Å². The van der Waals surface area contributed by atoms with E-state index in [2.05, 4.69) is 15.3 Å². The number of nitriles is 1. The second kappa shape index (κ2) is 24.5. The van der Waals surface area contributed by atoms with Gasteiger partial charge in [-0.25, -0.2) is 9.97 Å². The molecule has 3 aromatic carbocycles. The number of nitrogens with two attached hydrogens (primary N) is 4. The molecule has 9 N–H and O–H groups in total. The smallest absolute Gasteiger partial charge is 0.226 e. The first kappa shape index (κ1) is 51.6. The molecular weight excluding hydrogens is 879 g/mol. The highest BCUT2D eigenvalue weighted by Gasteiger charge is 2.37. The average Bonchev–Trinajstić information content (AvgIpc) is 3.34. The zero-order valence-corrected chi connectivity index (χ0v) is 39.8. The minimum absolute atomic E-state index is 0.0387. The Labute approximate surface area is 403 Å². The number of aryl methyl sites for hydroxylation is 1. The van der Waals surface area contributed by atoms with Crippen molar-refractivity contribution in [1.29, 1.82) is 5.26 Å². The molecule has 366 valence electrons. The number of anilines is 1. The monoisotopic (exact) mass is 943 g/mol. The second-order valence-corrected chi connectivity index (χ2v) is 17.9. The number of carbonyl (C=O) groups is 5. The number of aromatic nitrogens is 2. The van der Waals surface area contributed by atoms with Crippen LogP contribution in [0.3, 0.4) is 0 Å². The molecule has 17 heteroatoms. The van der Waals surface area contributed by atoms with Crippen molar-refractivity contribution in [1.82, 2.24) is 20.2 Å². The molecule has 0 spiro atoms. The van der Waals surface area contributed by atoms with Gasteiger partial charge in [-0.1, -0.05) is 25.5 Å². The number of fused-ring (bicyclic) bond motifs is 5. The van der Waals surface area contributed by atoms with E-state index < -0.39 is 47.3 Å². The van der Waals surface area contributed by atoms with Crippen LogP contribution >= 0.6 is 0 Å². The fourth-order valence-corrected chi connectivity index (χ4v) is 9.09. The summed E-state index contributed by atoms with van der Waals surface area (Å²) in [5.74, 6) is -2.44. The van der Waals surface area contributed by atoms with Gasteiger partial charge in [-0.15, -0.1) is 0 Å². The number of rotatable bonds is 19.